The second kappa shape index (κ2) is 3.96. The van der Waals surface area contributed by atoms with Gasteiger partial charge in [-0.15, -0.1) is 0 Å². The van der Waals surface area contributed by atoms with Gasteiger partial charge in [0.2, 0.25) is 10.0 Å². The van der Waals surface area contributed by atoms with E-state index in [1.165, 1.54) is 25.1 Å². The fourth-order valence-electron chi connectivity index (χ4n) is 1.01. The van der Waals surface area contributed by atoms with Crippen molar-refractivity contribution < 1.29 is 12.8 Å². The van der Waals surface area contributed by atoms with E-state index in [-0.39, 0.29) is 0 Å². The lowest BCUT2D eigenvalue weighted by Crippen LogP contribution is -2.19. The van der Waals surface area contributed by atoms with Gasteiger partial charge in [0, 0.05) is 4.47 Å². The minimum Gasteiger partial charge on any atom is -0.228 e. The Balaban J connectivity index is 3.21. The van der Waals surface area contributed by atoms with E-state index in [0.29, 0.717) is 10.0 Å². The Morgan fingerprint density at radius 3 is 2.50 bits per heavy atom. The van der Waals surface area contributed by atoms with Crippen LogP contribution in [0.3, 0.4) is 0 Å². The van der Waals surface area contributed by atoms with E-state index < -0.39 is 21.1 Å². The van der Waals surface area contributed by atoms with Gasteiger partial charge in [0.25, 0.3) is 0 Å². The fourth-order valence-corrected chi connectivity index (χ4v) is 2.41. The summed E-state index contributed by atoms with van der Waals surface area (Å²) in [6.45, 7) is 1.45. The molecule has 3 nitrogen and oxygen atoms in total. The third-order valence-electron chi connectivity index (χ3n) is 1.89. The summed E-state index contributed by atoms with van der Waals surface area (Å²) in [5.74, 6) is -0.428. The van der Waals surface area contributed by atoms with Crippen molar-refractivity contribution in [1.82, 2.24) is 0 Å². The Hall–Kier alpha value is -0.460. The third kappa shape index (κ3) is 2.52. The van der Waals surface area contributed by atoms with Crippen molar-refractivity contribution in [3.63, 3.8) is 0 Å². The van der Waals surface area contributed by atoms with Crippen molar-refractivity contribution >= 4 is 26.0 Å². The molecule has 2 N–H and O–H groups in total. The van der Waals surface area contributed by atoms with Crippen LogP contribution in [0.2, 0.25) is 0 Å². The summed E-state index contributed by atoms with van der Waals surface area (Å²) in [5.41, 5.74) is 0.453. The molecule has 0 amide bonds. The van der Waals surface area contributed by atoms with Gasteiger partial charge < -0.3 is 0 Å². The molecule has 0 bridgehead atoms. The van der Waals surface area contributed by atoms with Crippen LogP contribution in [0.4, 0.5) is 4.39 Å². The first-order valence-electron chi connectivity index (χ1n) is 3.79. The Kier molecular flexibility index (Phi) is 3.28. The zero-order valence-electron chi connectivity index (χ0n) is 7.37. The van der Waals surface area contributed by atoms with Crippen LogP contribution in [0.25, 0.3) is 0 Å². The number of sulfonamides is 1. The van der Waals surface area contributed by atoms with Crippen LogP contribution in [0, 0.1) is 5.82 Å². The molecule has 1 aromatic rings. The van der Waals surface area contributed by atoms with E-state index in [1.807, 2.05) is 0 Å². The minimum absolute atomic E-state index is 0.402. The van der Waals surface area contributed by atoms with Crippen LogP contribution in [0.5, 0.6) is 0 Å². The molecule has 14 heavy (non-hydrogen) atoms. The summed E-state index contributed by atoms with van der Waals surface area (Å²) < 4.78 is 35.2. The largest absolute Gasteiger partial charge is 0.228 e. The van der Waals surface area contributed by atoms with Crippen LogP contribution in [-0.2, 0) is 10.0 Å². The molecule has 0 saturated heterocycles. The van der Waals surface area contributed by atoms with Gasteiger partial charge in [0.05, 0.1) is 5.25 Å². The van der Waals surface area contributed by atoms with E-state index in [4.69, 9.17) is 5.14 Å². The maximum atomic E-state index is 12.7. The Labute approximate surface area is 90.3 Å². The highest BCUT2D eigenvalue weighted by atomic mass is 79.9. The first-order valence-corrected chi connectivity index (χ1v) is 6.19. The zero-order chi connectivity index (χ0) is 10.9. The predicted octanol–water partition coefficient (Wildman–Crippen LogP) is 1.94. The molecule has 1 aromatic carbocycles. The van der Waals surface area contributed by atoms with Crippen molar-refractivity contribution in [1.29, 1.82) is 0 Å². The second-order valence-electron chi connectivity index (χ2n) is 2.90. The minimum atomic E-state index is -3.64. The summed E-state index contributed by atoms with van der Waals surface area (Å²) in [4.78, 5) is 0. The van der Waals surface area contributed by atoms with Crippen molar-refractivity contribution in [3.8, 4) is 0 Å². The number of hydrogen-bond donors (Lipinski definition) is 1. The van der Waals surface area contributed by atoms with Crippen LogP contribution in [0.15, 0.2) is 22.7 Å². The van der Waals surface area contributed by atoms with Crippen molar-refractivity contribution in [2.75, 3.05) is 0 Å². The summed E-state index contributed by atoms with van der Waals surface area (Å²) >= 11 is 3.08. The van der Waals surface area contributed by atoms with Crippen LogP contribution >= 0.6 is 15.9 Å². The summed E-state index contributed by atoms with van der Waals surface area (Å²) in [7, 11) is -3.64. The maximum Gasteiger partial charge on any atom is 0.215 e. The standard InChI is InChI=1S/C8H9BrFNO2S/c1-5(14(11,12)13)7-3-2-6(10)4-8(7)9/h2-5H,1H3,(H2,11,12,13). The first-order chi connectivity index (χ1) is 6.32. The molecule has 0 saturated carbocycles. The van der Waals surface area contributed by atoms with Crippen LogP contribution in [0.1, 0.15) is 17.7 Å². The monoisotopic (exact) mass is 281 g/mol. The maximum absolute atomic E-state index is 12.7. The van der Waals surface area contributed by atoms with Gasteiger partial charge >= 0.3 is 0 Å². The van der Waals surface area contributed by atoms with Crippen LogP contribution in [-0.4, -0.2) is 8.42 Å². The highest BCUT2D eigenvalue weighted by Crippen LogP contribution is 2.27. The number of rotatable bonds is 2. The van der Waals surface area contributed by atoms with Gasteiger partial charge in [-0.3, -0.25) is 0 Å². The Morgan fingerprint density at radius 2 is 2.07 bits per heavy atom. The highest BCUT2D eigenvalue weighted by Gasteiger charge is 2.20. The normalized spacial score (nSPS) is 14.0. The van der Waals surface area contributed by atoms with Gasteiger partial charge in [-0.2, -0.15) is 0 Å². The van der Waals surface area contributed by atoms with Gasteiger partial charge in [-0.05, 0) is 24.6 Å². The molecular formula is C8H9BrFNO2S. The SMILES string of the molecule is CC(c1ccc(F)cc1Br)S(N)(=O)=O. The summed E-state index contributed by atoms with van der Waals surface area (Å²) in [5, 5.41) is 4.13. The van der Waals surface area contributed by atoms with Crippen molar-refractivity contribution in [2.45, 2.75) is 12.2 Å². The number of benzene rings is 1. The quantitative estimate of drug-likeness (QED) is 0.901. The van der Waals surface area contributed by atoms with Gasteiger partial charge in [-0.25, -0.2) is 17.9 Å². The van der Waals surface area contributed by atoms with Gasteiger partial charge in [-0.1, -0.05) is 22.0 Å². The smallest absolute Gasteiger partial charge is 0.215 e. The first kappa shape index (κ1) is 11.6. The molecule has 0 aliphatic rings. The molecule has 1 unspecified atom stereocenters. The van der Waals surface area contributed by atoms with E-state index in [9.17, 15) is 12.8 Å². The fraction of sp³-hybridized carbons (Fsp3) is 0.250. The lowest BCUT2D eigenvalue weighted by atomic mass is 10.2. The number of primary sulfonamides is 1. The molecular weight excluding hydrogens is 273 g/mol. The lowest BCUT2D eigenvalue weighted by molar-refractivity contribution is 0.587. The summed E-state index contributed by atoms with van der Waals surface area (Å²) in [6.07, 6.45) is 0. The lowest BCUT2D eigenvalue weighted by Gasteiger charge is -2.11. The van der Waals surface area contributed by atoms with E-state index in [0.717, 1.165) is 0 Å². The van der Waals surface area contributed by atoms with E-state index in [1.54, 1.807) is 0 Å². The number of nitrogens with two attached hydrogens (primary N) is 1. The predicted molar refractivity (Wildman–Crippen MR) is 55.6 cm³/mol. The average Bonchev–Trinajstić information content (AvgIpc) is 2.01. The molecule has 0 aliphatic carbocycles. The number of hydrogen-bond acceptors (Lipinski definition) is 2. The zero-order valence-corrected chi connectivity index (χ0v) is 9.77. The Morgan fingerprint density at radius 1 is 1.50 bits per heavy atom. The van der Waals surface area contributed by atoms with Crippen molar-refractivity contribution in [3.05, 3.63) is 34.1 Å². The molecule has 1 atom stereocenters. The molecule has 0 spiro atoms. The molecule has 0 fully saturated rings. The third-order valence-corrected chi connectivity index (χ3v) is 3.82. The Bertz CT molecular complexity index is 447. The molecule has 1 rings (SSSR count). The average molecular weight is 282 g/mol. The number of halogens is 2. The van der Waals surface area contributed by atoms with Gasteiger partial charge in [0.15, 0.2) is 0 Å². The van der Waals surface area contributed by atoms with Gasteiger partial charge in [0.1, 0.15) is 5.82 Å². The highest BCUT2D eigenvalue weighted by molar-refractivity contribution is 9.10. The van der Waals surface area contributed by atoms with Crippen LogP contribution < -0.4 is 5.14 Å². The van der Waals surface area contributed by atoms with E-state index in [2.05, 4.69) is 15.9 Å². The molecule has 78 valence electrons. The molecule has 0 aliphatic heterocycles. The second-order valence-corrected chi connectivity index (χ2v) is 5.64. The molecule has 0 aromatic heterocycles. The molecule has 0 heterocycles. The molecule has 6 heteroatoms. The van der Waals surface area contributed by atoms with E-state index >= 15 is 0 Å². The summed E-state index contributed by atoms with van der Waals surface area (Å²) in [6, 6.07) is 3.80. The topological polar surface area (TPSA) is 60.2 Å². The van der Waals surface area contributed by atoms with Crippen molar-refractivity contribution in [2.24, 2.45) is 5.14 Å². The molecule has 0 radical (unpaired) electrons.